The highest BCUT2D eigenvalue weighted by Gasteiger charge is 2.15. The minimum atomic E-state index is -0.441. The zero-order chi connectivity index (χ0) is 15.6. The number of hydrogen-bond donors (Lipinski definition) is 1. The minimum Gasteiger partial charge on any atom is -0.438 e. The van der Waals surface area contributed by atoms with Crippen molar-refractivity contribution in [3.63, 3.8) is 0 Å². The van der Waals surface area contributed by atoms with Gasteiger partial charge in [0, 0.05) is 11.6 Å². The number of anilines is 1. The fraction of sp³-hybridized carbons (Fsp3) is 0.231. The Hall–Kier alpha value is -2.35. The number of hydrogen-bond acceptors (Lipinski definition) is 7. The molecule has 0 amide bonds. The van der Waals surface area contributed by atoms with Crippen molar-refractivity contribution in [3.8, 4) is 11.6 Å². The Kier molecular flexibility index (Phi) is 4.27. The molecule has 0 spiro atoms. The van der Waals surface area contributed by atoms with Gasteiger partial charge in [0.1, 0.15) is 11.6 Å². The van der Waals surface area contributed by atoms with E-state index in [2.05, 4.69) is 9.97 Å². The normalized spacial score (nSPS) is 10.4. The van der Waals surface area contributed by atoms with Gasteiger partial charge < -0.3 is 10.5 Å². The molecule has 0 bridgehead atoms. The number of aryl methyl sites for hydroxylation is 2. The van der Waals surface area contributed by atoms with Crippen molar-refractivity contribution in [2.24, 2.45) is 0 Å². The van der Waals surface area contributed by atoms with Gasteiger partial charge in [-0.15, -0.1) is 0 Å². The van der Waals surface area contributed by atoms with Crippen LogP contribution in [0, 0.1) is 24.0 Å². The van der Waals surface area contributed by atoms with Gasteiger partial charge >= 0.3 is 0 Å². The maximum Gasteiger partial charge on any atom is 0.276 e. The zero-order valence-corrected chi connectivity index (χ0v) is 12.6. The van der Waals surface area contributed by atoms with Crippen LogP contribution in [0.15, 0.2) is 23.4 Å². The van der Waals surface area contributed by atoms with Crippen molar-refractivity contribution in [1.29, 1.82) is 0 Å². The van der Waals surface area contributed by atoms with Crippen molar-refractivity contribution in [1.82, 2.24) is 9.97 Å². The molecular weight excluding hydrogens is 292 g/mol. The highest BCUT2D eigenvalue weighted by Crippen LogP contribution is 2.31. The molecule has 1 heterocycles. The summed E-state index contributed by atoms with van der Waals surface area (Å²) in [5.41, 5.74) is 7.04. The van der Waals surface area contributed by atoms with Crippen LogP contribution in [0.4, 0.5) is 11.5 Å². The maximum absolute atomic E-state index is 11.0. The van der Waals surface area contributed by atoms with E-state index in [0.717, 1.165) is 5.56 Å². The van der Waals surface area contributed by atoms with Gasteiger partial charge in [0.25, 0.3) is 5.69 Å². The highest BCUT2D eigenvalue weighted by molar-refractivity contribution is 7.98. The molecule has 7 nitrogen and oxygen atoms in total. The van der Waals surface area contributed by atoms with Crippen molar-refractivity contribution < 1.29 is 9.66 Å². The number of nitro groups is 1. The Morgan fingerprint density at radius 3 is 2.57 bits per heavy atom. The predicted molar refractivity (Wildman–Crippen MR) is 80.9 cm³/mol. The molecule has 8 heteroatoms. The van der Waals surface area contributed by atoms with Crippen molar-refractivity contribution in [2.75, 3.05) is 12.0 Å². The molecule has 21 heavy (non-hydrogen) atoms. The fourth-order valence-corrected chi connectivity index (χ4v) is 2.18. The van der Waals surface area contributed by atoms with Crippen LogP contribution in [-0.4, -0.2) is 21.1 Å². The van der Waals surface area contributed by atoms with E-state index in [1.54, 1.807) is 13.0 Å². The molecule has 0 aliphatic rings. The Labute approximate surface area is 125 Å². The predicted octanol–water partition coefficient (Wildman–Crippen LogP) is 3.10. The van der Waals surface area contributed by atoms with E-state index < -0.39 is 4.92 Å². The van der Waals surface area contributed by atoms with Crippen molar-refractivity contribution >= 4 is 23.3 Å². The summed E-state index contributed by atoms with van der Waals surface area (Å²) in [4.78, 5) is 18.7. The van der Waals surface area contributed by atoms with E-state index in [-0.39, 0.29) is 17.4 Å². The molecule has 0 unspecified atom stereocenters. The van der Waals surface area contributed by atoms with Gasteiger partial charge in [-0.1, -0.05) is 11.8 Å². The summed E-state index contributed by atoms with van der Waals surface area (Å²) in [6, 6.07) is 4.57. The number of ether oxygens (including phenoxy) is 1. The SMILES string of the molecule is CSc1nc(N)cc(Oc2cc([N+](=O)[O-])c(C)cc2C)n1. The Morgan fingerprint density at radius 1 is 1.24 bits per heavy atom. The molecular formula is C13H14N4O3S. The third kappa shape index (κ3) is 3.40. The Balaban J connectivity index is 2.41. The number of nitro benzene ring substituents is 1. The van der Waals surface area contributed by atoms with E-state index in [1.165, 1.54) is 23.9 Å². The minimum absolute atomic E-state index is 0.00252. The average Bonchev–Trinajstić information content (AvgIpc) is 2.40. The van der Waals surface area contributed by atoms with Gasteiger partial charge in [0.05, 0.1) is 11.0 Å². The van der Waals surface area contributed by atoms with E-state index in [9.17, 15) is 10.1 Å². The summed E-state index contributed by atoms with van der Waals surface area (Å²) < 4.78 is 5.63. The van der Waals surface area contributed by atoms with Gasteiger partial charge in [-0.25, -0.2) is 4.98 Å². The molecule has 0 fully saturated rings. The van der Waals surface area contributed by atoms with Crippen LogP contribution in [0.3, 0.4) is 0 Å². The van der Waals surface area contributed by atoms with E-state index in [0.29, 0.717) is 16.5 Å². The number of nitrogens with zero attached hydrogens (tertiary/aromatic N) is 3. The summed E-state index contributed by atoms with van der Waals surface area (Å²) >= 11 is 1.33. The second-order valence-corrected chi connectivity index (χ2v) is 5.15. The van der Waals surface area contributed by atoms with Gasteiger partial charge in [-0.3, -0.25) is 10.1 Å². The van der Waals surface area contributed by atoms with E-state index in [1.807, 2.05) is 13.2 Å². The Morgan fingerprint density at radius 2 is 1.95 bits per heavy atom. The van der Waals surface area contributed by atoms with Crippen LogP contribution in [0.2, 0.25) is 0 Å². The molecule has 2 rings (SSSR count). The second-order valence-electron chi connectivity index (χ2n) is 4.38. The molecule has 2 aromatic rings. The Bertz CT molecular complexity index is 706. The smallest absolute Gasteiger partial charge is 0.276 e. The molecule has 0 saturated heterocycles. The lowest BCUT2D eigenvalue weighted by molar-refractivity contribution is -0.385. The van der Waals surface area contributed by atoms with Gasteiger partial charge in [0.15, 0.2) is 5.16 Å². The number of nitrogen functional groups attached to an aromatic ring is 1. The molecule has 0 aliphatic carbocycles. The molecule has 1 aromatic heterocycles. The average molecular weight is 306 g/mol. The fourth-order valence-electron chi connectivity index (χ4n) is 1.81. The quantitative estimate of drug-likeness (QED) is 0.400. The molecule has 2 N–H and O–H groups in total. The van der Waals surface area contributed by atoms with Crippen molar-refractivity contribution in [3.05, 3.63) is 39.4 Å². The first-order valence-corrected chi connectivity index (χ1v) is 7.25. The van der Waals surface area contributed by atoms with Crippen LogP contribution >= 0.6 is 11.8 Å². The van der Waals surface area contributed by atoms with Crippen LogP contribution in [-0.2, 0) is 0 Å². The number of nitrogens with two attached hydrogens (primary N) is 1. The monoisotopic (exact) mass is 306 g/mol. The largest absolute Gasteiger partial charge is 0.438 e. The molecule has 0 radical (unpaired) electrons. The maximum atomic E-state index is 11.0. The van der Waals surface area contributed by atoms with Crippen LogP contribution in [0.25, 0.3) is 0 Å². The first-order valence-electron chi connectivity index (χ1n) is 6.02. The standard InChI is InChI=1S/C13H14N4O3S/c1-7-4-8(2)10(5-9(7)17(18)19)20-12-6-11(14)15-13(16-12)21-3/h4-6H,1-3H3,(H2,14,15,16). The van der Waals surface area contributed by atoms with Crippen molar-refractivity contribution in [2.45, 2.75) is 19.0 Å². The van der Waals surface area contributed by atoms with E-state index >= 15 is 0 Å². The number of thioether (sulfide) groups is 1. The molecule has 110 valence electrons. The van der Waals surface area contributed by atoms with E-state index in [4.69, 9.17) is 10.5 Å². The summed E-state index contributed by atoms with van der Waals surface area (Å²) in [6.45, 7) is 3.50. The summed E-state index contributed by atoms with van der Waals surface area (Å²) in [6.07, 6.45) is 1.82. The first-order chi connectivity index (χ1) is 9.90. The van der Waals surface area contributed by atoms with Gasteiger partial charge in [-0.2, -0.15) is 4.98 Å². The number of benzene rings is 1. The molecule has 0 atom stereocenters. The summed E-state index contributed by atoms with van der Waals surface area (Å²) in [5.74, 6) is 0.911. The third-order valence-electron chi connectivity index (χ3n) is 2.79. The third-order valence-corrected chi connectivity index (χ3v) is 3.34. The first kappa shape index (κ1) is 15.0. The molecule has 1 aromatic carbocycles. The molecule has 0 saturated carbocycles. The topological polar surface area (TPSA) is 104 Å². The molecule has 0 aliphatic heterocycles. The lowest BCUT2D eigenvalue weighted by atomic mass is 10.1. The number of rotatable bonds is 4. The summed E-state index contributed by atoms with van der Waals surface area (Å²) in [7, 11) is 0. The van der Waals surface area contributed by atoms with Crippen LogP contribution in [0.5, 0.6) is 11.6 Å². The summed E-state index contributed by atoms with van der Waals surface area (Å²) in [5, 5.41) is 11.5. The lowest BCUT2D eigenvalue weighted by Crippen LogP contribution is -1.99. The lowest BCUT2D eigenvalue weighted by Gasteiger charge is -2.10. The highest BCUT2D eigenvalue weighted by atomic mass is 32.2. The number of aromatic nitrogens is 2. The van der Waals surface area contributed by atoms with Gasteiger partial charge in [-0.05, 0) is 31.7 Å². The van der Waals surface area contributed by atoms with Crippen LogP contribution < -0.4 is 10.5 Å². The van der Waals surface area contributed by atoms with Gasteiger partial charge in [0.2, 0.25) is 5.88 Å². The van der Waals surface area contributed by atoms with Crippen LogP contribution in [0.1, 0.15) is 11.1 Å². The zero-order valence-electron chi connectivity index (χ0n) is 11.8. The second kappa shape index (κ2) is 5.96.